The second kappa shape index (κ2) is 13.3. The van der Waals surface area contributed by atoms with Gasteiger partial charge >= 0.3 is 5.97 Å². The summed E-state index contributed by atoms with van der Waals surface area (Å²) in [6, 6.07) is 7.41. The van der Waals surface area contributed by atoms with Crippen LogP contribution >= 0.6 is 0 Å². The van der Waals surface area contributed by atoms with Gasteiger partial charge in [0.25, 0.3) is 0 Å². The Balaban J connectivity index is 1.15. The van der Waals surface area contributed by atoms with Gasteiger partial charge in [-0.25, -0.2) is 0 Å². The van der Waals surface area contributed by atoms with Gasteiger partial charge in [-0.2, -0.15) is 0 Å². The predicted molar refractivity (Wildman–Crippen MR) is 148 cm³/mol. The molecular weight excluding hydrogens is 480 g/mol. The van der Waals surface area contributed by atoms with Crippen LogP contribution in [0.4, 0.5) is 0 Å². The molecule has 7 heteroatoms. The third kappa shape index (κ3) is 6.36. The van der Waals surface area contributed by atoms with Crippen LogP contribution in [0.5, 0.6) is 5.75 Å². The molecule has 2 fully saturated rings. The first kappa shape index (κ1) is 28.9. The number of benzene rings is 1. The van der Waals surface area contributed by atoms with Crippen molar-refractivity contribution in [3.05, 3.63) is 29.3 Å². The van der Waals surface area contributed by atoms with E-state index in [2.05, 4.69) is 40.5 Å². The SMILES string of the molecule is COC(=O)CC(OC)C(=O)NCCCCCCNC1CCC2C3CCc4cc(OC)ccc4C3CC[C@]12C. The summed E-state index contributed by atoms with van der Waals surface area (Å²) in [5, 5.41) is 6.84. The summed E-state index contributed by atoms with van der Waals surface area (Å²) >= 11 is 0. The van der Waals surface area contributed by atoms with Crippen molar-refractivity contribution >= 4 is 11.9 Å². The van der Waals surface area contributed by atoms with E-state index in [0.29, 0.717) is 18.0 Å². The monoisotopic (exact) mass is 528 g/mol. The highest BCUT2D eigenvalue weighted by atomic mass is 16.5. The van der Waals surface area contributed by atoms with Gasteiger partial charge in [-0.15, -0.1) is 0 Å². The van der Waals surface area contributed by atoms with Crippen molar-refractivity contribution in [1.82, 2.24) is 10.6 Å². The molecule has 2 N–H and O–H groups in total. The van der Waals surface area contributed by atoms with Crippen molar-refractivity contribution in [2.24, 2.45) is 17.3 Å². The predicted octanol–water partition coefficient (Wildman–Crippen LogP) is 4.76. The molecule has 1 aromatic rings. The average molecular weight is 529 g/mol. The van der Waals surface area contributed by atoms with E-state index in [9.17, 15) is 9.59 Å². The van der Waals surface area contributed by atoms with Crippen LogP contribution < -0.4 is 15.4 Å². The molecule has 6 atom stereocenters. The zero-order chi connectivity index (χ0) is 27.1. The summed E-state index contributed by atoms with van der Waals surface area (Å²) in [6.45, 7) is 4.24. The Morgan fingerprint density at radius 1 is 1.03 bits per heavy atom. The van der Waals surface area contributed by atoms with Crippen LogP contribution in [0, 0.1) is 17.3 Å². The number of hydrogen-bond donors (Lipinski definition) is 2. The van der Waals surface area contributed by atoms with Crippen LogP contribution in [0.25, 0.3) is 0 Å². The van der Waals surface area contributed by atoms with Gasteiger partial charge in [-0.3, -0.25) is 9.59 Å². The summed E-state index contributed by atoms with van der Waals surface area (Å²) in [5.41, 5.74) is 3.52. The fourth-order valence-corrected chi connectivity index (χ4v) is 7.74. The molecule has 0 aliphatic heterocycles. The lowest BCUT2D eigenvalue weighted by Gasteiger charge is -2.51. The lowest BCUT2D eigenvalue weighted by Crippen LogP contribution is -2.48. The summed E-state index contributed by atoms with van der Waals surface area (Å²) in [5.74, 6) is 2.67. The molecule has 0 bridgehead atoms. The fraction of sp³-hybridized carbons (Fsp3) is 0.742. The molecule has 3 aliphatic carbocycles. The van der Waals surface area contributed by atoms with E-state index in [-0.39, 0.29) is 12.3 Å². The third-order valence-electron chi connectivity index (χ3n) is 9.88. The third-order valence-corrected chi connectivity index (χ3v) is 9.88. The maximum Gasteiger partial charge on any atom is 0.308 e. The molecule has 5 unspecified atom stereocenters. The van der Waals surface area contributed by atoms with Gasteiger partial charge in [0.1, 0.15) is 11.9 Å². The highest BCUT2D eigenvalue weighted by Gasteiger charge is 2.54. The zero-order valence-corrected chi connectivity index (χ0v) is 23.9. The minimum atomic E-state index is -0.787. The van der Waals surface area contributed by atoms with Crippen molar-refractivity contribution < 1.29 is 23.8 Å². The molecule has 0 radical (unpaired) electrons. The lowest BCUT2D eigenvalue weighted by atomic mass is 9.55. The Morgan fingerprint density at radius 3 is 2.55 bits per heavy atom. The van der Waals surface area contributed by atoms with Gasteiger partial charge in [0, 0.05) is 19.7 Å². The number of hydrogen-bond acceptors (Lipinski definition) is 6. The van der Waals surface area contributed by atoms with E-state index < -0.39 is 12.1 Å². The molecule has 1 aromatic carbocycles. The Labute approximate surface area is 228 Å². The number of aryl methyl sites for hydroxylation is 1. The van der Waals surface area contributed by atoms with E-state index in [4.69, 9.17) is 9.47 Å². The molecular formula is C31H48N2O5. The first-order valence-electron chi connectivity index (χ1n) is 14.7. The number of carbonyl (C=O) groups is 2. The molecule has 2 saturated carbocycles. The summed E-state index contributed by atoms with van der Waals surface area (Å²) in [6.07, 6.45) is 11.3. The van der Waals surface area contributed by atoms with Gasteiger partial charge < -0.3 is 24.8 Å². The second-order valence-electron chi connectivity index (χ2n) is 11.8. The maximum atomic E-state index is 12.2. The van der Waals surface area contributed by atoms with Crippen molar-refractivity contribution in [3.63, 3.8) is 0 Å². The van der Waals surface area contributed by atoms with Crippen LogP contribution in [0.2, 0.25) is 0 Å². The average Bonchev–Trinajstić information content (AvgIpc) is 3.28. The van der Waals surface area contributed by atoms with Crippen molar-refractivity contribution in [2.75, 3.05) is 34.4 Å². The molecule has 38 heavy (non-hydrogen) atoms. The smallest absolute Gasteiger partial charge is 0.308 e. The number of unbranched alkanes of at least 4 members (excludes halogenated alkanes) is 3. The largest absolute Gasteiger partial charge is 0.497 e. The second-order valence-corrected chi connectivity index (χ2v) is 11.8. The van der Waals surface area contributed by atoms with Crippen molar-refractivity contribution in [1.29, 1.82) is 0 Å². The van der Waals surface area contributed by atoms with Crippen molar-refractivity contribution in [3.8, 4) is 5.75 Å². The summed E-state index contributed by atoms with van der Waals surface area (Å²) in [4.78, 5) is 23.6. The highest BCUT2D eigenvalue weighted by Crippen LogP contribution is 2.61. The van der Waals surface area contributed by atoms with Crippen LogP contribution in [-0.2, 0) is 25.5 Å². The van der Waals surface area contributed by atoms with Crippen LogP contribution in [0.15, 0.2) is 18.2 Å². The van der Waals surface area contributed by atoms with Gasteiger partial charge in [-0.1, -0.05) is 25.8 Å². The van der Waals surface area contributed by atoms with Gasteiger partial charge in [0.15, 0.2) is 0 Å². The van der Waals surface area contributed by atoms with Crippen molar-refractivity contribution in [2.45, 2.75) is 95.6 Å². The Bertz CT molecular complexity index is 952. The standard InChI is InChI=1S/C31H48N2O5/c1-31-16-15-24-23-12-10-22(36-2)19-21(23)9-11-25(24)26(31)13-14-28(31)32-17-7-5-6-8-18-33-30(35)27(37-3)20-29(34)38-4/h10,12,19,24-28,32H,5-9,11,13-18,20H2,1-4H3,(H,33,35)/t24?,25?,26?,27?,28?,31-/m0/s1. The molecule has 0 spiro atoms. The van der Waals surface area contributed by atoms with E-state index in [1.807, 2.05) is 0 Å². The normalized spacial score (nSPS) is 28.5. The number of carbonyl (C=O) groups excluding carboxylic acids is 2. The number of esters is 1. The van der Waals surface area contributed by atoms with Crippen LogP contribution in [-0.4, -0.2) is 58.4 Å². The Hall–Kier alpha value is -2.12. The van der Waals surface area contributed by atoms with Crippen LogP contribution in [0.1, 0.15) is 88.2 Å². The Kier molecular flexibility index (Phi) is 10.1. The first-order chi connectivity index (χ1) is 18.4. The van der Waals surface area contributed by atoms with E-state index >= 15 is 0 Å². The van der Waals surface area contributed by atoms with E-state index in [0.717, 1.165) is 55.7 Å². The summed E-state index contributed by atoms with van der Waals surface area (Å²) < 4.78 is 15.2. The molecule has 1 amide bonds. The zero-order valence-electron chi connectivity index (χ0n) is 23.9. The number of amides is 1. The molecule has 0 aromatic heterocycles. The van der Waals surface area contributed by atoms with Crippen LogP contribution in [0.3, 0.4) is 0 Å². The molecule has 3 aliphatic rings. The topological polar surface area (TPSA) is 85.9 Å². The number of rotatable bonds is 13. The van der Waals surface area contributed by atoms with Gasteiger partial charge in [0.05, 0.1) is 20.6 Å². The fourth-order valence-electron chi connectivity index (χ4n) is 7.74. The number of methoxy groups -OCH3 is 3. The molecule has 212 valence electrons. The van der Waals surface area contributed by atoms with E-state index in [1.54, 1.807) is 12.7 Å². The number of fused-ring (bicyclic) bond motifs is 5. The molecule has 4 rings (SSSR count). The quantitative estimate of drug-likeness (QED) is 0.284. The Morgan fingerprint density at radius 2 is 1.82 bits per heavy atom. The van der Waals surface area contributed by atoms with E-state index in [1.165, 1.54) is 58.3 Å². The first-order valence-corrected chi connectivity index (χ1v) is 14.7. The maximum absolute atomic E-state index is 12.2. The highest BCUT2D eigenvalue weighted by molar-refractivity contribution is 5.85. The minimum absolute atomic E-state index is 0.0602. The lowest BCUT2D eigenvalue weighted by molar-refractivity contribution is -0.147. The summed E-state index contributed by atoms with van der Waals surface area (Å²) in [7, 11) is 4.51. The molecule has 0 heterocycles. The van der Waals surface area contributed by atoms with Gasteiger partial charge in [-0.05, 0) is 104 Å². The minimum Gasteiger partial charge on any atom is -0.497 e. The number of nitrogens with one attached hydrogen (secondary N) is 2. The number of ether oxygens (including phenoxy) is 3. The van der Waals surface area contributed by atoms with Gasteiger partial charge in [0.2, 0.25) is 5.91 Å². The molecule has 0 saturated heterocycles. The molecule has 7 nitrogen and oxygen atoms in total.